The van der Waals surface area contributed by atoms with Gasteiger partial charge < -0.3 is 19.5 Å². The Hall–Kier alpha value is -1.77. The molecule has 1 aromatic heterocycles. The summed E-state index contributed by atoms with van der Waals surface area (Å²) in [6.45, 7) is 2.93. The van der Waals surface area contributed by atoms with E-state index < -0.39 is 0 Å². The zero-order valence-corrected chi connectivity index (χ0v) is 12.3. The predicted molar refractivity (Wildman–Crippen MR) is 79.3 cm³/mol. The molecule has 120 valence electrons. The smallest absolute Gasteiger partial charge is 0.351 e. The molecule has 2 fully saturated rings. The molecular weight excluding hydrogens is 288 g/mol. The summed E-state index contributed by atoms with van der Waals surface area (Å²) in [4.78, 5) is 22.3. The molecule has 2 aliphatic heterocycles. The van der Waals surface area contributed by atoms with E-state index in [0.717, 1.165) is 19.5 Å². The minimum atomic E-state index is -0.389. The molecule has 2 saturated heterocycles. The topological polar surface area (TPSA) is 89.2 Å². The largest absolute Gasteiger partial charge is 0.394 e. The molecule has 0 unspecified atom stereocenters. The number of aliphatic hydroxyl groups excluding tert-OH is 1. The molecule has 1 aromatic rings. The lowest BCUT2D eigenvalue weighted by Crippen LogP contribution is -2.35. The number of aromatic nitrogens is 2. The molecule has 0 aromatic carbocycles. The first-order valence-corrected chi connectivity index (χ1v) is 7.48. The summed E-state index contributed by atoms with van der Waals surface area (Å²) < 4.78 is 12.3. The van der Waals surface area contributed by atoms with Crippen LogP contribution in [0.5, 0.6) is 0 Å². The van der Waals surface area contributed by atoms with Crippen LogP contribution in [0.2, 0.25) is 0 Å². The average molecular weight is 308 g/mol. The van der Waals surface area contributed by atoms with Crippen molar-refractivity contribution >= 4 is 12.2 Å². The van der Waals surface area contributed by atoms with Crippen LogP contribution in [0.4, 0.5) is 5.82 Å². The van der Waals surface area contributed by atoms with Crippen molar-refractivity contribution < 1.29 is 14.6 Å². The molecule has 2 aliphatic rings. The van der Waals surface area contributed by atoms with E-state index in [2.05, 4.69) is 9.98 Å². The van der Waals surface area contributed by atoms with Gasteiger partial charge in [0.25, 0.3) is 0 Å². The zero-order chi connectivity index (χ0) is 15.4. The Morgan fingerprint density at radius 2 is 2.23 bits per heavy atom. The van der Waals surface area contributed by atoms with Gasteiger partial charge in [0.15, 0.2) is 5.82 Å². The Bertz CT molecular complexity index is 582. The normalized spacial score (nSPS) is 26.0. The molecule has 1 N–H and O–H groups in total. The number of aliphatic hydroxyl groups is 1. The van der Waals surface area contributed by atoms with Gasteiger partial charge in [-0.3, -0.25) is 4.57 Å². The van der Waals surface area contributed by atoms with Gasteiger partial charge in [-0.25, -0.2) is 9.79 Å². The van der Waals surface area contributed by atoms with E-state index in [0.29, 0.717) is 25.5 Å². The standard InChI is InChI=1S/C14H20N4O4/c19-9-11-1-2-13(22-11)18-4-3-12(16-14(18)20)15-10-17-5-7-21-8-6-17/h3-4,10-11,13,19H,1-2,5-9H2/t11-,13+/m0/s1. The third-order valence-corrected chi connectivity index (χ3v) is 3.81. The fourth-order valence-corrected chi connectivity index (χ4v) is 2.55. The maximum Gasteiger partial charge on any atom is 0.351 e. The van der Waals surface area contributed by atoms with Crippen molar-refractivity contribution in [3.63, 3.8) is 0 Å². The van der Waals surface area contributed by atoms with E-state index in [9.17, 15) is 4.79 Å². The number of rotatable bonds is 4. The van der Waals surface area contributed by atoms with Crippen molar-refractivity contribution in [2.45, 2.75) is 25.2 Å². The highest BCUT2D eigenvalue weighted by atomic mass is 16.5. The average Bonchev–Trinajstić information content (AvgIpc) is 3.03. The lowest BCUT2D eigenvalue weighted by molar-refractivity contribution is -0.0245. The molecule has 0 aliphatic carbocycles. The summed E-state index contributed by atoms with van der Waals surface area (Å²) >= 11 is 0. The molecule has 0 amide bonds. The van der Waals surface area contributed by atoms with Gasteiger partial charge in [0.05, 0.1) is 32.3 Å². The van der Waals surface area contributed by atoms with Gasteiger partial charge in [0.1, 0.15) is 6.23 Å². The lowest BCUT2D eigenvalue weighted by atomic mass is 10.2. The maximum absolute atomic E-state index is 12.1. The number of nitrogens with zero attached hydrogens (tertiary/aromatic N) is 4. The molecular formula is C14H20N4O4. The third kappa shape index (κ3) is 3.52. The third-order valence-electron chi connectivity index (χ3n) is 3.81. The monoisotopic (exact) mass is 308 g/mol. The van der Waals surface area contributed by atoms with Gasteiger partial charge in [-0.15, -0.1) is 0 Å². The molecule has 0 bridgehead atoms. The quantitative estimate of drug-likeness (QED) is 0.617. The number of ether oxygens (including phenoxy) is 2. The fraction of sp³-hybridized carbons (Fsp3) is 0.643. The molecule has 2 atom stereocenters. The van der Waals surface area contributed by atoms with Crippen LogP contribution in [0.15, 0.2) is 22.1 Å². The van der Waals surface area contributed by atoms with Crippen LogP contribution in [0.3, 0.4) is 0 Å². The first-order valence-electron chi connectivity index (χ1n) is 7.48. The second-order valence-electron chi connectivity index (χ2n) is 5.34. The van der Waals surface area contributed by atoms with E-state index in [1.165, 1.54) is 4.57 Å². The Morgan fingerprint density at radius 3 is 2.91 bits per heavy atom. The Kier molecular flexibility index (Phi) is 4.81. The van der Waals surface area contributed by atoms with Crippen molar-refractivity contribution in [3.8, 4) is 0 Å². The molecule has 0 spiro atoms. The summed E-state index contributed by atoms with van der Waals surface area (Å²) in [6.07, 6.45) is 4.23. The lowest BCUT2D eigenvalue weighted by Gasteiger charge is -2.23. The first kappa shape index (κ1) is 15.1. The van der Waals surface area contributed by atoms with Gasteiger partial charge in [-0.05, 0) is 18.9 Å². The second-order valence-corrected chi connectivity index (χ2v) is 5.34. The van der Waals surface area contributed by atoms with Crippen LogP contribution in [-0.4, -0.2) is 64.9 Å². The summed E-state index contributed by atoms with van der Waals surface area (Å²) in [5, 5.41) is 9.08. The highest BCUT2D eigenvalue weighted by molar-refractivity contribution is 5.59. The van der Waals surface area contributed by atoms with Crippen molar-refractivity contribution in [3.05, 3.63) is 22.7 Å². The van der Waals surface area contributed by atoms with Crippen LogP contribution in [0, 0.1) is 0 Å². The van der Waals surface area contributed by atoms with Crippen LogP contribution in [0.1, 0.15) is 19.1 Å². The predicted octanol–water partition coefficient (Wildman–Crippen LogP) is -0.0948. The summed E-state index contributed by atoms with van der Waals surface area (Å²) in [5.74, 6) is 0.379. The Labute approximate surface area is 128 Å². The molecule has 0 saturated carbocycles. The van der Waals surface area contributed by atoms with Gasteiger partial charge in [0, 0.05) is 19.3 Å². The van der Waals surface area contributed by atoms with Crippen LogP contribution >= 0.6 is 0 Å². The Balaban J connectivity index is 1.67. The van der Waals surface area contributed by atoms with Gasteiger partial charge >= 0.3 is 5.69 Å². The van der Waals surface area contributed by atoms with E-state index >= 15 is 0 Å². The molecule has 0 radical (unpaired) electrons. The van der Waals surface area contributed by atoms with Crippen molar-refractivity contribution in [1.29, 1.82) is 0 Å². The summed E-state index contributed by atoms with van der Waals surface area (Å²) in [5.41, 5.74) is -0.389. The highest BCUT2D eigenvalue weighted by Crippen LogP contribution is 2.26. The van der Waals surface area contributed by atoms with Crippen molar-refractivity contribution in [2.24, 2.45) is 4.99 Å². The summed E-state index contributed by atoms with van der Waals surface area (Å²) in [7, 11) is 0. The van der Waals surface area contributed by atoms with Crippen LogP contribution in [0.25, 0.3) is 0 Å². The first-order chi connectivity index (χ1) is 10.8. The molecule has 22 heavy (non-hydrogen) atoms. The van der Waals surface area contributed by atoms with Gasteiger partial charge in [-0.1, -0.05) is 0 Å². The second kappa shape index (κ2) is 6.99. The maximum atomic E-state index is 12.1. The highest BCUT2D eigenvalue weighted by Gasteiger charge is 2.26. The fourth-order valence-electron chi connectivity index (χ4n) is 2.55. The Morgan fingerprint density at radius 1 is 1.41 bits per heavy atom. The zero-order valence-electron chi connectivity index (χ0n) is 12.3. The number of hydrogen-bond donors (Lipinski definition) is 1. The van der Waals surface area contributed by atoms with Gasteiger partial charge in [0.2, 0.25) is 0 Å². The van der Waals surface area contributed by atoms with E-state index in [4.69, 9.17) is 14.6 Å². The van der Waals surface area contributed by atoms with Crippen LogP contribution < -0.4 is 5.69 Å². The molecule has 8 nitrogen and oxygen atoms in total. The number of morpholine rings is 1. The molecule has 3 rings (SSSR count). The molecule has 3 heterocycles. The number of hydrogen-bond acceptors (Lipinski definition) is 6. The van der Waals surface area contributed by atoms with E-state index in [1.807, 2.05) is 4.90 Å². The van der Waals surface area contributed by atoms with Crippen LogP contribution in [-0.2, 0) is 9.47 Å². The van der Waals surface area contributed by atoms with Crippen molar-refractivity contribution in [2.75, 3.05) is 32.9 Å². The van der Waals surface area contributed by atoms with Crippen molar-refractivity contribution in [1.82, 2.24) is 14.5 Å². The van der Waals surface area contributed by atoms with Gasteiger partial charge in [-0.2, -0.15) is 4.98 Å². The minimum absolute atomic E-state index is 0.0272. The van der Waals surface area contributed by atoms with E-state index in [1.54, 1.807) is 18.6 Å². The number of aliphatic imine (C=N–C) groups is 1. The SMILES string of the molecule is O=c1nc(N=CN2CCOCC2)ccn1[C@H]1CC[C@@H](CO)O1. The minimum Gasteiger partial charge on any atom is -0.394 e. The summed E-state index contributed by atoms with van der Waals surface area (Å²) in [6, 6.07) is 1.69. The molecule has 8 heteroatoms. The van der Waals surface area contributed by atoms with E-state index in [-0.39, 0.29) is 24.6 Å².